The van der Waals surface area contributed by atoms with E-state index in [1.54, 1.807) is 12.1 Å². The summed E-state index contributed by atoms with van der Waals surface area (Å²) in [6.45, 7) is 6.59. The Morgan fingerprint density at radius 3 is 1.94 bits per heavy atom. The third-order valence-corrected chi connectivity index (χ3v) is 9.58. The molecule has 6 N–H and O–H groups in total. The maximum Gasteiger partial charge on any atom is 0.229 e. The summed E-state index contributed by atoms with van der Waals surface area (Å²) in [5.41, 5.74) is 1.13. The number of fused-ring (bicyclic) bond motifs is 1. The Hall–Kier alpha value is -3.31. The predicted molar refractivity (Wildman–Crippen MR) is 171 cm³/mol. The molecule has 256 valence electrons. The van der Waals surface area contributed by atoms with Crippen LogP contribution >= 0.6 is 0 Å². The van der Waals surface area contributed by atoms with E-state index < -0.39 is 42.7 Å². The molecule has 2 aromatic carbocycles. The van der Waals surface area contributed by atoms with Crippen molar-refractivity contribution < 1.29 is 44.5 Å². The normalized spacial score (nSPS) is 27.0. The van der Waals surface area contributed by atoms with E-state index in [1.807, 2.05) is 0 Å². The van der Waals surface area contributed by atoms with E-state index in [9.17, 15) is 35.4 Å². The molecule has 3 fully saturated rings. The van der Waals surface area contributed by atoms with Gasteiger partial charge in [-0.25, -0.2) is 0 Å². The van der Waals surface area contributed by atoms with Gasteiger partial charge in [0.2, 0.25) is 11.7 Å². The SMILES string of the molecule is CN1CCN(Cc2c(O)c(CN3CCN(C)CC3)c3occ(-c4ccc(O[C@@H]5O[C@@H](CO)[C@H](O)[C@@H](O)[C@@H]5O)cc4)c(=O)c3c2O)CC1. The molecule has 3 aliphatic rings. The Labute approximate surface area is 272 Å². The van der Waals surface area contributed by atoms with Gasteiger partial charge in [-0.2, -0.15) is 0 Å². The lowest BCUT2D eigenvalue weighted by atomic mass is 9.98. The molecule has 1 aromatic heterocycles. The van der Waals surface area contributed by atoms with Gasteiger partial charge in [0.15, 0.2) is 0 Å². The van der Waals surface area contributed by atoms with Crippen LogP contribution in [0.1, 0.15) is 11.1 Å². The molecule has 0 radical (unpaired) electrons. The van der Waals surface area contributed by atoms with Crippen molar-refractivity contribution in [3.8, 4) is 28.4 Å². The molecule has 3 aromatic rings. The molecule has 0 spiro atoms. The summed E-state index contributed by atoms with van der Waals surface area (Å²) >= 11 is 0. The lowest BCUT2D eigenvalue weighted by Crippen LogP contribution is -2.60. The number of aliphatic hydroxyl groups is 4. The van der Waals surface area contributed by atoms with Gasteiger partial charge in [-0.05, 0) is 31.8 Å². The van der Waals surface area contributed by atoms with Gasteiger partial charge in [-0.1, -0.05) is 12.1 Å². The fourth-order valence-electron chi connectivity index (χ4n) is 6.42. The van der Waals surface area contributed by atoms with Crippen LogP contribution in [-0.4, -0.2) is 154 Å². The molecule has 14 nitrogen and oxygen atoms in total. The number of hydrogen-bond acceptors (Lipinski definition) is 14. The lowest BCUT2D eigenvalue weighted by molar-refractivity contribution is -0.277. The second kappa shape index (κ2) is 14.0. The topological polar surface area (TPSA) is 183 Å². The number of piperazine rings is 2. The van der Waals surface area contributed by atoms with Crippen LogP contribution in [0.15, 0.2) is 39.7 Å². The maximum atomic E-state index is 14.1. The zero-order chi connectivity index (χ0) is 33.4. The van der Waals surface area contributed by atoms with Crippen LogP contribution in [0.2, 0.25) is 0 Å². The van der Waals surface area contributed by atoms with Crippen LogP contribution < -0.4 is 10.2 Å². The minimum Gasteiger partial charge on any atom is -0.507 e. The second-order valence-electron chi connectivity index (χ2n) is 12.8. The van der Waals surface area contributed by atoms with Crippen LogP contribution in [0.4, 0.5) is 0 Å². The molecule has 3 aliphatic heterocycles. The fourth-order valence-corrected chi connectivity index (χ4v) is 6.42. The molecule has 3 saturated heterocycles. The molecule has 0 saturated carbocycles. The van der Waals surface area contributed by atoms with Gasteiger partial charge in [0.25, 0.3) is 0 Å². The Balaban J connectivity index is 1.33. The Morgan fingerprint density at radius 2 is 1.36 bits per heavy atom. The van der Waals surface area contributed by atoms with E-state index in [-0.39, 0.29) is 40.3 Å². The molecule has 14 heteroatoms. The van der Waals surface area contributed by atoms with Crippen molar-refractivity contribution in [2.75, 3.05) is 73.1 Å². The van der Waals surface area contributed by atoms with Crippen molar-refractivity contribution in [2.24, 2.45) is 0 Å². The van der Waals surface area contributed by atoms with Crippen molar-refractivity contribution in [3.63, 3.8) is 0 Å². The lowest BCUT2D eigenvalue weighted by Gasteiger charge is -2.39. The molecule has 47 heavy (non-hydrogen) atoms. The summed E-state index contributed by atoms with van der Waals surface area (Å²) < 4.78 is 17.2. The third kappa shape index (κ3) is 6.84. The highest BCUT2D eigenvalue weighted by Gasteiger charge is 2.44. The van der Waals surface area contributed by atoms with E-state index in [0.29, 0.717) is 23.2 Å². The highest BCUT2D eigenvalue weighted by Crippen LogP contribution is 2.41. The first-order valence-electron chi connectivity index (χ1n) is 16.0. The van der Waals surface area contributed by atoms with Gasteiger partial charge in [0.05, 0.1) is 23.3 Å². The van der Waals surface area contributed by atoms with Gasteiger partial charge in [-0.15, -0.1) is 0 Å². The van der Waals surface area contributed by atoms with Crippen molar-refractivity contribution >= 4 is 11.0 Å². The number of likely N-dealkylation sites (N-methyl/N-ethyl adjacent to an activating group) is 2. The average molecular weight is 657 g/mol. The molecule has 0 amide bonds. The summed E-state index contributed by atoms with van der Waals surface area (Å²) in [7, 11) is 4.12. The minimum absolute atomic E-state index is 0.00944. The molecular weight excluding hydrogens is 612 g/mol. The number of phenols is 2. The molecule has 0 aliphatic carbocycles. The van der Waals surface area contributed by atoms with E-state index in [2.05, 4.69) is 33.7 Å². The Kier molecular flexibility index (Phi) is 10.0. The van der Waals surface area contributed by atoms with E-state index >= 15 is 0 Å². The maximum absolute atomic E-state index is 14.1. The highest BCUT2D eigenvalue weighted by molar-refractivity contribution is 5.92. The zero-order valence-corrected chi connectivity index (χ0v) is 26.7. The summed E-state index contributed by atoms with van der Waals surface area (Å²) in [5, 5.41) is 63.0. The number of nitrogens with zero attached hydrogens (tertiary/aromatic N) is 4. The van der Waals surface area contributed by atoms with Gasteiger partial charge < -0.3 is 54.3 Å². The summed E-state index contributed by atoms with van der Waals surface area (Å²) in [5.74, 6) is -0.116. The molecule has 6 rings (SSSR count). The van der Waals surface area contributed by atoms with Crippen LogP contribution in [0.25, 0.3) is 22.1 Å². The highest BCUT2D eigenvalue weighted by atomic mass is 16.7. The smallest absolute Gasteiger partial charge is 0.229 e. The van der Waals surface area contributed by atoms with E-state index in [0.717, 1.165) is 52.4 Å². The molecule has 5 atom stereocenters. The summed E-state index contributed by atoms with van der Waals surface area (Å²) in [6, 6.07) is 6.28. The van der Waals surface area contributed by atoms with Crippen molar-refractivity contribution in [2.45, 2.75) is 43.8 Å². The Bertz CT molecular complexity index is 1600. The Morgan fingerprint density at radius 1 is 0.787 bits per heavy atom. The first kappa shape index (κ1) is 33.6. The van der Waals surface area contributed by atoms with Crippen LogP contribution in [-0.2, 0) is 17.8 Å². The number of ether oxygens (including phenoxy) is 2. The number of benzene rings is 2. The molecule has 4 heterocycles. The van der Waals surface area contributed by atoms with E-state index in [4.69, 9.17) is 13.9 Å². The van der Waals surface area contributed by atoms with Crippen LogP contribution in [0.5, 0.6) is 17.2 Å². The first-order chi connectivity index (χ1) is 22.5. The van der Waals surface area contributed by atoms with Crippen molar-refractivity contribution in [3.05, 3.63) is 51.9 Å². The van der Waals surface area contributed by atoms with Crippen molar-refractivity contribution in [1.82, 2.24) is 19.6 Å². The van der Waals surface area contributed by atoms with E-state index in [1.165, 1.54) is 18.4 Å². The van der Waals surface area contributed by atoms with Gasteiger partial charge in [0, 0.05) is 65.4 Å². The number of hydrogen-bond donors (Lipinski definition) is 6. The number of rotatable bonds is 8. The quantitative estimate of drug-likeness (QED) is 0.183. The first-order valence-corrected chi connectivity index (χ1v) is 16.0. The molecular formula is C33H44N4O10. The summed E-state index contributed by atoms with van der Waals surface area (Å²) in [4.78, 5) is 22.9. The number of aliphatic hydroxyl groups excluding tert-OH is 4. The molecule has 0 bridgehead atoms. The van der Waals surface area contributed by atoms with Gasteiger partial charge >= 0.3 is 0 Å². The fraction of sp³-hybridized carbons (Fsp3) is 0.545. The zero-order valence-electron chi connectivity index (χ0n) is 26.7. The minimum atomic E-state index is -1.58. The largest absolute Gasteiger partial charge is 0.507 e. The average Bonchev–Trinajstić information content (AvgIpc) is 3.07. The third-order valence-electron chi connectivity index (χ3n) is 9.58. The van der Waals surface area contributed by atoms with Crippen LogP contribution in [0, 0.1) is 0 Å². The summed E-state index contributed by atoms with van der Waals surface area (Å²) in [6.07, 6.45) is -5.81. The van der Waals surface area contributed by atoms with Gasteiger partial charge in [0.1, 0.15) is 58.9 Å². The standard InChI is InChI=1S/C33H44N4O10/c1-34-7-11-36(12-8-34)15-21-26(39)22(16-37-13-9-35(2)10-14-37)32-25(27(21)40)28(41)23(18-45-32)19-3-5-20(6-4-19)46-33-31(44)30(43)29(42)24(17-38)47-33/h3-6,18,24,29-31,33,38-40,42-44H,7-17H2,1-2H3/t24-,29-,30+,31-,33+/m0/s1. The predicted octanol–water partition coefficient (Wildman–Crippen LogP) is -0.455. The second-order valence-corrected chi connectivity index (χ2v) is 12.8. The molecule has 0 unspecified atom stereocenters. The van der Waals surface area contributed by atoms with Crippen LogP contribution in [0.3, 0.4) is 0 Å². The number of phenolic OH excluding ortho intramolecular Hbond substituents is 2. The van der Waals surface area contributed by atoms with Crippen molar-refractivity contribution in [1.29, 1.82) is 0 Å². The van der Waals surface area contributed by atoms with Gasteiger partial charge in [-0.3, -0.25) is 14.6 Å². The number of aromatic hydroxyl groups is 2. The monoisotopic (exact) mass is 656 g/mol.